The lowest BCUT2D eigenvalue weighted by Gasteiger charge is -2.05. The van der Waals surface area contributed by atoms with E-state index in [1.54, 1.807) is 0 Å². The number of ketones is 3. The summed E-state index contributed by atoms with van der Waals surface area (Å²) in [7, 11) is 0. The zero-order valence-corrected chi connectivity index (χ0v) is 8.26. The minimum Gasteiger partial charge on any atom is -0.300 e. The Hall–Kier alpha value is -0.990. The van der Waals surface area contributed by atoms with E-state index < -0.39 is 0 Å². The van der Waals surface area contributed by atoms with Crippen molar-refractivity contribution in [1.82, 2.24) is 0 Å². The summed E-state index contributed by atoms with van der Waals surface area (Å²) in [6, 6.07) is 0. The second kappa shape index (κ2) is 6.52. The molecule has 0 spiro atoms. The maximum absolute atomic E-state index is 10.5. The van der Waals surface area contributed by atoms with Gasteiger partial charge in [-0.1, -0.05) is 6.42 Å². The van der Waals surface area contributed by atoms with Gasteiger partial charge in [0.2, 0.25) is 0 Å². The van der Waals surface area contributed by atoms with Crippen molar-refractivity contribution in [3.63, 3.8) is 0 Å². The lowest BCUT2D eigenvalue weighted by molar-refractivity contribution is -0.134. The van der Waals surface area contributed by atoms with Crippen LogP contribution in [-0.2, 0) is 14.4 Å². The molecule has 3 heteroatoms. The highest BCUT2D eigenvalue weighted by Gasteiger charge is 2.05. The normalized spacial score (nSPS) is 15.7. The fourth-order valence-corrected chi connectivity index (χ4v) is 0.946. The van der Waals surface area contributed by atoms with Gasteiger partial charge in [-0.2, -0.15) is 0 Å². The van der Waals surface area contributed by atoms with Crippen LogP contribution < -0.4 is 0 Å². The molecule has 74 valence electrons. The Morgan fingerprint density at radius 1 is 0.923 bits per heavy atom. The Labute approximate surface area is 78.5 Å². The van der Waals surface area contributed by atoms with Crippen LogP contribution >= 0.6 is 0 Å². The van der Waals surface area contributed by atoms with Gasteiger partial charge in [0.25, 0.3) is 0 Å². The molecule has 3 nitrogen and oxygen atoms in total. The van der Waals surface area contributed by atoms with Gasteiger partial charge < -0.3 is 0 Å². The summed E-state index contributed by atoms with van der Waals surface area (Å²) in [6.45, 7) is 2.50. The largest absolute Gasteiger partial charge is 0.300 e. The molecular weight excluding hydrogens is 168 g/mol. The molecule has 0 aromatic heterocycles. The van der Waals surface area contributed by atoms with E-state index >= 15 is 0 Å². The lowest BCUT2D eigenvalue weighted by atomic mass is 10.00. The first kappa shape index (κ1) is 12.0. The van der Waals surface area contributed by atoms with Crippen LogP contribution in [0.4, 0.5) is 0 Å². The number of Topliss-reactive ketones (excluding diaryl/α,β-unsaturated/α-hetero) is 3. The van der Waals surface area contributed by atoms with E-state index in [9.17, 15) is 14.4 Å². The van der Waals surface area contributed by atoms with Crippen LogP contribution in [0.1, 0.15) is 46.0 Å². The van der Waals surface area contributed by atoms with E-state index in [0.29, 0.717) is 5.78 Å². The predicted octanol–water partition coefficient (Wildman–Crippen LogP) is 1.68. The summed E-state index contributed by atoms with van der Waals surface area (Å²) < 4.78 is 0. The molecule has 1 saturated carbocycles. The third-order valence-corrected chi connectivity index (χ3v) is 1.91. The monoisotopic (exact) mass is 184 g/mol. The summed E-state index contributed by atoms with van der Waals surface area (Å²) in [4.78, 5) is 30.1. The molecule has 1 fully saturated rings. The van der Waals surface area contributed by atoms with Crippen molar-refractivity contribution in [3.8, 4) is 0 Å². The molecule has 0 aromatic carbocycles. The van der Waals surface area contributed by atoms with Gasteiger partial charge >= 0.3 is 0 Å². The molecule has 0 amide bonds. The molecule has 0 saturated heterocycles. The Kier molecular flexibility index (Phi) is 6.02. The van der Waals surface area contributed by atoms with Gasteiger partial charge in [-0.25, -0.2) is 0 Å². The second-order valence-electron chi connectivity index (χ2n) is 3.21. The van der Waals surface area contributed by atoms with Crippen LogP contribution in [0.25, 0.3) is 0 Å². The summed E-state index contributed by atoms with van der Waals surface area (Å²) in [6.07, 6.45) is 5.24. The number of hydrogen-bond acceptors (Lipinski definition) is 3. The van der Waals surface area contributed by atoms with E-state index in [1.807, 2.05) is 0 Å². The Morgan fingerprint density at radius 3 is 1.46 bits per heavy atom. The number of carbonyl (C=O) groups excluding carboxylic acids is 3. The van der Waals surface area contributed by atoms with Gasteiger partial charge in [0.15, 0.2) is 11.6 Å². The SMILES string of the molecule is CC(=O)C(C)=O.O=C1CCCCC1. The molecule has 1 aliphatic rings. The van der Waals surface area contributed by atoms with E-state index in [-0.39, 0.29) is 11.6 Å². The molecule has 1 aliphatic carbocycles. The first-order valence-corrected chi connectivity index (χ1v) is 4.57. The minimum absolute atomic E-state index is 0.380. The number of rotatable bonds is 1. The predicted molar refractivity (Wildman–Crippen MR) is 49.5 cm³/mol. The second-order valence-corrected chi connectivity index (χ2v) is 3.21. The third kappa shape index (κ3) is 7.37. The van der Waals surface area contributed by atoms with Gasteiger partial charge in [0, 0.05) is 26.7 Å². The Balaban J connectivity index is 0.000000226. The van der Waals surface area contributed by atoms with Crippen molar-refractivity contribution in [2.24, 2.45) is 0 Å². The van der Waals surface area contributed by atoms with Crippen LogP contribution in [0, 0.1) is 0 Å². The number of carbonyl (C=O) groups is 3. The van der Waals surface area contributed by atoms with Crippen molar-refractivity contribution < 1.29 is 14.4 Å². The van der Waals surface area contributed by atoms with Crippen LogP contribution in [0.15, 0.2) is 0 Å². The molecule has 0 heterocycles. The summed E-state index contributed by atoms with van der Waals surface area (Å²) in [5.74, 6) is -0.295. The zero-order valence-electron chi connectivity index (χ0n) is 8.26. The Bertz CT molecular complexity index is 186. The van der Waals surface area contributed by atoms with Crippen molar-refractivity contribution in [2.75, 3.05) is 0 Å². The molecular formula is C10H16O3. The number of hydrogen-bond donors (Lipinski definition) is 0. The average Bonchev–Trinajstić information content (AvgIpc) is 2.06. The fraction of sp³-hybridized carbons (Fsp3) is 0.700. The molecule has 0 aromatic rings. The van der Waals surface area contributed by atoms with Gasteiger partial charge in [-0.05, 0) is 12.8 Å². The van der Waals surface area contributed by atoms with Crippen LogP contribution in [0.2, 0.25) is 0 Å². The first-order chi connectivity index (χ1) is 6.04. The van der Waals surface area contributed by atoms with Crippen LogP contribution in [-0.4, -0.2) is 17.3 Å². The topological polar surface area (TPSA) is 51.2 Å². The van der Waals surface area contributed by atoms with Gasteiger partial charge in [0.05, 0.1) is 0 Å². The molecule has 0 aliphatic heterocycles. The highest BCUT2D eigenvalue weighted by atomic mass is 16.2. The van der Waals surface area contributed by atoms with Crippen LogP contribution in [0.3, 0.4) is 0 Å². The Morgan fingerprint density at radius 2 is 1.31 bits per heavy atom. The lowest BCUT2D eigenvalue weighted by Crippen LogP contribution is -2.02. The van der Waals surface area contributed by atoms with E-state index in [0.717, 1.165) is 25.7 Å². The van der Waals surface area contributed by atoms with E-state index in [2.05, 4.69) is 0 Å². The van der Waals surface area contributed by atoms with Gasteiger partial charge in [-0.15, -0.1) is 0 Å². The maximum atomic E-state index is 10.5. The highest BCUT2D eigenvalue weighted by Crippen LogP contribution is 2.12. The van der Waals surface area contributed by atoms with Gasteiger partial charge in [0.1, 0.15) is 5.78 Å². The van der Waals surface area contributed by atoms with Crippen molar-refractivity contribution in [2.45, 2.75) is 46.0 Å². The van der Waals surface area contributed by atoms with E-state index in [1.165, 1.54) is 20.3 Å². The maximum Gasteiger partial charge on any atom is 0.195 e. The molecule has 0 atom stereocenters. The average molecular weight is 184 g/mol. The molecule has 0 unspecified atom stereocenters. The highest BCUT2D eigenvalue weighted by molar-refractivity contribution is 6.35. The summed E-state index contributed by atoms with van der Waals surface area (Å²) in [5, 5.41) is 0. The fourth-order valence-electron chi connectivity index (χ4n) is 0.946. The zero-order chi connectivity index (χ0) is 10.3. The van der Waals surface area contributed by atoms with Gasteiger partial charge in [-0.3, -0.25) is 14.4 Å². The smallest absolute Gasteiger partial charge is 0.195 e. The quantitative estimate of drug-likeness (QED) is 0.582. The van der Waals surface area contributed by atoms with Crippen molar-refractivity contribution in [1.29, 1.82) is 0 Å². The molecule has 0 bridgehead atoms. The summed E-state index contributed by atoms with van der Waals surface area (Å²) in [5.41, 5.74) is 0. The summed E-state index contributed by atoms with van der Waals surface area (Å²) >= 11 is 0. The van der Waals surface area contributed by atoms with Crippen LogP contribution in [0.5, 0.6) is 0 Å². The molecule has 0 N–H and O–H groups in total. The van der Waals surface area contributed by atoms with Crippen molar-refractivity contribution >= 4 is 17.3 Å². The minimum atomic E-state index is -0.380. The molecule has 0 radical (unpaired) electrons. The van der Waals surface area contributed by atoms with Crippen molar-refractivity contribution in [3.05, 3.63) is 0 Å². The standard InChI is InChI=1S/C6H10O.C4H6O2/c7-6-4-2-1-3-5-6;1-3(5)4(2)6/h1-5H2;1-2H3. The molecule has 13 heavy (non-hydrogen) atoms. The van der Waals surface area contributed by atoms with E-state index in [4.69, 9.17) is 0 Å². The third-order valence-electron chi connectivity index (χ3n) is 1.91. The molecule has 1 rings (SSSR count). The first-order valence-electron chi connectivity index (χ1n) is 4.57.